The summed E-state index contributed by atoms with van der Waals surface area (Å²) in [5.74, 6) is -3.72. The minimum Gasteiger partial charge on any atom is -0.388 e. The predicted octanol–water partition coefficient (Wildman–Crippen LogP) is 1.96. The van der Waals surface area contributed by atoms with Gasteiger partial charge in [0.05, 0.1) is 11.3 Å². The van der Waals surface area contributed by atoms with Crippen molar-refractivity contribution in [3.05, 3.63) is 29.8 Å². The van der Waals surface area contributed by atoms with Gasteiger partial charge in [-0.2, -0.15) is 0 Å². The molecular weight excluding hydrogens is 306 g/mol. The molecule has 1 atom stereocenters. The van der Waals surface area contributed by atoms with Gasteiger partial charge in [0.1, 0.15) is 11.6 Å². The Morgan fingerprint density at radius 2 is 1.91 bits per heavy atom. The third-order valence-electron chi connectivity index (χ3n) is 4.23. The molecule has 1 aromatic rings. The van der Waals surface area contributed by atoms with Crippen LogP contribution >= 0.6 is 0 Å². The third-order valence-corrected chi connectivity index (χ3v) is 4.23. The Labute approximate surface area is 133 Å². The van der Waals surface area contributed by atoms with E-state index in [0.717, 1.165) is 37.8 Å². The molecule has 0 heterocycles. The van der Waals surface area contributed by atoms with E-state index in [1.54, 1.807) is 6.92 Å². The Balaban J connectivity index is 1.88. The lowest BCUT2D eigenvalue weighted by Gasteiger charge is -2.30. The Bertz CT molecular complexity index is 599. The van der Waals surface area contributed by atoms with Crippen molar-refractivity contribution in [3.63, 3.8) is 0 Å². The van der Waals surface area contributed by atoms with Crippen LogP contribution in [0.5, 0.6) is 0 Å². The lowest BCUT2D eigenvalue weighted by atomic mass is 9.88. The Kier molecular flexibility index (Phi) is 5.30. The van der Waals surface area contributed by atoms with E-state index in [1.807, 2.05) is 0 Å². The van der Waals surface area contributed by atoms with Crippen molar-refractivity contribution in [2.45, 2.75) is 38.2 Å². The van der Waals surface area contributed by atoms with Crippen LogP contribution in [-0.2, 0) is 9.59 Å². The van der Waals surface area contributed by atoms with E-state index in [9.17, 15) is 23.5 Å². The molecule has 0 unspecified atom stereocenters. The van der Waals surface area contributed by atoms with Crippen molar-refractivity contribution in [1.82, 2.24) is 5.32 Å². The molecule has 1 saturated carbocycles. The maximum Gasteiger partial charge on any atom is 0.313 e. The first-order valence-corrected chi connectivity index (χ1v) is 7.56. The Hall–Kier alpha value is -2.02. The minimum absolute atomic E-state index is 0.0597. The number of benzene rings is 1. The molecule has 23 heavy (non-hydrogen) atoms. The van der Waals surface area contributed by atoms with Crippen molar-refractivity contribution in [2.75, 3.05) is 11.9 Å². The van der Waals surface area contributed by atoms with Gasteiger partial charge in [0, 0.05) is 12.6 Å². The fourth-order valence-electron chi connectivity index (χ4n) is 2.80. The van der Waals surface area contributed by atoms with Crippen molar-refractivity contribution in [1.29, 1.82) is 0 Å². The molecule has 1 aliphatic rings. The van der Waals surface area contributed by atoms with Gasteiger partial charge in [-0.1, -0.05) is 12.8 Å². The SMILES string of the molecule is C[C@](O)(CNC(=O)C(=O)Nc1ccc(F)cc1F)C1CCCC1. The van der Waals surface area contributed by atoms with E-state index in [1.165, 1.54) is 0 Å². The summed E-state index contributed by atoms with van der Waals surface area (Å²) >= 11 is 0. The quantitative estimate of drug-likeness (QED) is 0.740. The van der Waals surface area contributed by atoms with Crippen LogP contribution in [0.2, 0.25) is 0 Å². The van der Waals surface area contributed by atoms with Gasteiger partial charge in [-0.3, -0.25) is 9.59 Å². The van der Waals surface area contributed by atoms with E-state index in [-0.39, 0.29) is 18.2 Å². The number of nitrogens with one attached hydrogen (secondary N) is 2. The van der Waals surface area contributed by atoms with Gasteiger partial charge in [0.15, 0.2) is 0 Å². The highest BCUT2D eigenvalue weighted by Gasteiger charge is 2.34. The summed E-state index contributed by atoms with van der Waals surface area (Å²) < 4.78 is 26.2. The van der Waals surface area contributed by atoms with Crippen LogP contribution in [0, 0.1) is 17.6 Å². The van der Waals surface area contributed by atoms with Crippen LogP contribution in [-0.4, -0.2) is 29.1 Å². The van der Waals surface area contributed by atoms with E-state index in [2.05, 4.69) is 10.6 Å². The molecule has 0 spiro atoms. The maximum absolute atomic E-state index is 13.4. The van der Waals surface area contributed by atoms with Crippen molar-refractivity contribution < 1.29 is 23.5 Å². The number of amides is 2. The molecule has 0 aromatic heterocycles. The molecule has 1 aromatic carbocycles. The summed E-state index contributed by atoms with van der Waals surface area (Å²) in [6.45, 7) is 1.57. The molecule has 1 fully saturated rings. The minimum atomic E-state index is -1.09. The van der Waals surface area contributed by atoms with E-state index in [0.29, 0.717) is 6.07 Å². The van der Waals surface area contributed by atoms with Crippen LogP contribution in [0.25, 0.3) is 0 Å². The lowest BCUT2D eigenvalue weighted by molar-refractivity contribution is -0.137. The molecule has 0 aliphatic heterocycles. The first-order chi connectivity index (χ1) is 10.8. The number of carbonyl (C=O) groups excluding carboxylic acids is 2. The highest BCUT2D eigenvalue weighted by Crippen LogP contribution is 2.33. The smallest absolute Gasteiger partial charge is 0.313 e. The molecular formula is C16H20F2N2O3. The second kappa shape index (κ2) is 7.04. The second-order valence-corrected chi connectivity index (χ2v) is 6.10. The summed E-state index contributed by atoms with van der Waals surface area (Å²) in [6, 6.07) is 2.62. The van der Waals surface area contributed by atoms with Gasteiger partial charge in [-0.05, 0) is 37.8 Å². The first kappa shape index (κ1) is 17.3. The first-order valence-electron chi connectivity index (χ1n) is 7.56. The average Bonchev–Trinajstić information content (AvgIpc) is 3.02. The number of halogens is 2. The van der Waals surface area contributed by atoms with Gasteiger partial charge in [-0.25, -0.2) is 8.78 Å². The van der Waals surface area contributed by atoms with Gasteiger partial charge < -0.3 is 15.7 Å². The molecule has 7 heteroatoms. The number of aliphatic hydroxyl groups is 1. The fourth-order valence-corrected chi connectivity index (χ4v) is 2.80. The Morgan fingerprint density at radius 1 is 1.26 bits per heavy atom. The van der Waals surface area contributed by atoms with Crippen LogP contribution in [0.1, 0.15) is 32.6 Å². The molecule has 126 valence electrons. The second-order valence-electron chi connectivity index (χ2n) is 6.10. The van der Waals surface area contributed by atoms with E-state index >= 15 is 0 Å². The summed E-state index contributed by atoms with van der Waals surface area (Å²) in [6.07, 6.45) is 3.85. The number of hydrogen-bond donors (Lipinski definition) is 3. The molecule has 0 saturated heterocycles. The molecule has 2 rings (SSSR count). The largest absolute Gasteiger partial charge is 0.388 e. The van der Waals surface area contributed by atoms with Gasteiger partial charge >= 0.3 is 11.8 Å². The molecule has 0 bridgehead atoms. The highest BCUT2D eigenvalue weighted by atomic mass is 19.1. The predicted molar refractivity (Wildman–Crippen MR) is 80.6 cm³/mol. The standard InChI is InChI=1S/C16H20F2N2O3/c1-16(23,10-4-2-3-5-10)9-19-14(21)15(22)20-13-7-6-11(17)8-12(13)18/h6-8,10,23H,2-5,9H2,1H3,(H,19,21)(H,20,22)/t16-/m0/s1. The summed E-state index contributed by atoms with van der Waals surface area (Å²) in [5.41, 5.74) is -1.37. The molecule has 0 radical (unpaired) electrons. The number of anilines is 1. The number of hydrogen-bond acceptors (Lipinski definition) is 3. The highest BCUT2D eigenvalue weighted by molar-refractivity contribution is 6.39. The lowest BCUT2D eigenvalue weighted by Crippen LogP contribution is -2.48. The van der Waals surface area contributed by atoms with Gasteiger partial charge in [0.2, 0.25) is 0 Å². The molecule has 3 N–H and O–H groups in total. The van der Waals surface area contributed by atoms with Crippen molar-refractivity contribution >= 4 is 17.5 Å². The maximum atomic E-state index is 13.4. The summed E-state index contributed by atoms with van der Waals surface area (Å²) in [5, 5.41) is 14.8. The van der Waals surface area contributed by atoms with Crippen LogP contribution in [0.15, 0.2) is 18.2 Å². The van der Waals surface area contributed by atoms with E-state index < -0.39 is 29.0 Å². The summed E-state index contributed by atoms with van der Waals surface area (Å²) in [4.78, 5) is 23.5. The van der Waals surface area contributed by atoms with Crippen molar-refractivity contribution in [3.8, 4) is 0 Å². The monoisotopic (exact) mass is 326 g/mol. The van der Waals surface area contributed by atoms with Crippen LogP contribution < -0.4 is 10.6 Å². The summed E-state index contributed by atoms with van der Waals surface area (Å²) in [7, 11) is 0. The zero-order valence-electron chi connectivity index (χ0n) is 12.9. The molecule has 2 amide bonds. The Morgan fingerprint density at radius 3 is 2.52 bits per heavy atom. The van der Waals surface area contributed by atoms with Crippen LogP contribution in [0.4, 0.5) is 14.5 Å². The van der Waals surface area contributed by atoms with Gasteiger partial charge in [-0.15, -0.1) is 0 Å². The fraction of sp³-hybridized carbons (Fsp3) is 0.500. The van der Waals surface area contributed by atoms with Gasteiger partial charge in [0.25, 0.3) is 0 Å². The normalized spacial score (nSPS) is 17.6. The van der Waals surface area contributed by atoms with Crippen molar-refractivity contribution in [2.24, 2.45) is 5.92 Å². The van der Waals surface area contributed by atoms with Crippen LogP contribution in [0.3, 0.4) is 0 Å². The number of rotatable bonds is 4. The van der Waals surface area contributed by atoms with E-state index in [4.69, 9.17) is 0 Å². The zero-order chi connectivity index (χ0) is 17.0. The topological polar surface area (TPSA) is 78.4 Å². The molecule has 1 aliphatic carbocycles. The number of carbonyl (C=O) groups is 2. The molecule has 5 nitrogen and oxygen atoms in total. The third kappa shape index (κ3) is 4.48. The zero-order valence-corrected chi connectivity index (χ0v) is 12.9. The average molecular weight is 326 g/mol.